The molecule has 2 aromatic rings. The zero-order valence-electron chi connectivity index (χ0n) is 9.59. The molecule has 1 aromatic heterocycles. The molecule has 0 saturated carbocycles. The second-order valence-electron chi connectivity index (χ2n) is 3.71. The highest BCUT2D eigenvalue weighted by molar-refractivity contribution is 6.12. The summed E-state index contributed by atoms with van der Waals surface area (Å²) in [7, 11) is 0. The van der Waals surface area contributed by atoms with E-state index in [9.17, 15) is 13.2 Å². The Labute approximate surface area is 107 Å². The first-order chi connectivity index (χ1) is 9.04. The highest BCUT2D eigenvalue weighted by atomic mass is 19.4. The van der Waals surface area contributed by atoms with Crippen LogP contribution in [0.15, 0.2) is 53.8 Å². The molecule has 2 rings (SSSR count). The van der Waals surface area contributed by atoms with Crippen molar-refractivity contribution in [3.63, 3.8) is 0 Å². The van der Waals surface area contributed by atoms with Crippen LogP contribution < -0.4 is 0 Å². The molecule has 98 valence electrons. The van der Waals surface area contributed by atoms with E-state index in [1.165, 1.54) is 30.5 Å². The molecule has 1 heterocycles. The van der Waals surface area contributed by atoms with Gasteiger partial charge in [-0.1, -0.05) is 29.4 Å². The number of nitrogens with zero attached hydrogens (tertiary/aromatic N) is 2. The van der Waals surface area contributed by atoms with Crippen molar-refractivity contribution in [2.45, 2.75) is 6.18 Å². The highest BCUT2D eigenvalue weighted by Gasteiger charge is 2.34. The number of alkyl halides is 3. The molecule has 0 bridgehead atoms. The Hall–Kier alpha value is -2.37. The van der Waals surface area contributed by atoms with Gasteiger partial charge in [0.2, 0.25) is 0 Å². The van der Waals surface area contributed by atoms with E-state index in [2.05, 4.69) is 10.1 Å². The van der Waals surface area contributed by atoms with Crippen LogP contribution in [0.2, 0.25) is 0 Å². The molecule has 0 aliphatic heterocycles. The smallest absolute Gasteiger partial charge is 0.410 e. The number of benzene rings is 1. The third kappa shape index (κ3) is 2.73. The monoisotopic (exact) mass is 266 g/mol. The Balaban J connectivity index is 2.58. The lowest BCUT2D eigenvalue weighted by Gasteiger charge is -2.13. The van der Waals surface area contributed by atoms with Crippen molar-refractivity contribution in [3.05, 3.63) is 65.5 Å². The van der Waals surface area contributed by atoms with E-state index in [0.29, 0.717) is 0 Å². The number of aromatic nitrogens is 1. The third-order valence-electron chi connectivity index (χ3n) is 2.50. The average Bonchev–Trinajstić information content (AvgIpc) is 2.40. The van der Waals surface area contributed by atoms with E-state index in [-0.39, 0.29) is 17.0 Å². The summed E-state index contributed by atoms with van der Waals surface area (Å²) in [5, 5.41) is 12.0. The van der Waals surface area contributed by atoms with Crippen LogP contribution in [-0.2, 0) is 6.18 Å². The van der Waals surface area contributed by atoms with Gasteiger partial charge >= 0.3 is 6.18 Å². The van der Waals surface area contributed by atoms with E-state index in [1.54, 1.807) is 12.1 Å². The lowest BCUT2D eigenvalue weighted by Crippen LogP contribution is -2.15. The van der Waals surface area contributed by atoms with Crippen molar-refractivity contribution in [2.75, 3.05) is 0 Å². The Morgan fingerprint density at radius 3 is 2.32 bits per heavy atom. The van der Waals surface area contributed by atoms with E-state index in [4.69, 9.17) is 5.21 Å². The first-order valence-corrected chi connectivity index (χ1v) is 5.34. The second-order valence-corrected chi connectivity index (χ2v) is 3.71. The van der Waals surface area contributed by atoms with E-state index >= 15 is 0 Å². The largest absolute Gasteiger partial charge is 0.417 e. The zero-order valence-corrected chi connectivity index (χ0v) is 9.59. The van der Waals surface area contributed by atoms with Crippen LogP contribution in [-0.4, -0.2) is 15.9 Å². The second kappa shape index (κ2) is 5.09. The van der Waals surface area contributed by atoms with Crippen molar-refractivity contribution in [3.8, 4) is 0 Å². The van der Waals surface area contributed by atoms with Crippen LogP contribution in [0.25, 0.3) is 0 Å². The minimum absolute atomic E-state index is 0.168. The van der Waals surface area contributed by atoms with Gasteiger partial charge in [-0.2, -0.15) is 13.2 Å². The normalized spacial score (nSPS) is 12.5. The molecule has 0 unspecified atom stereocenters. The van der Waals surface area contributed by atoms with Crippen molar-refractivity contribution in [1.82, 2.24) is 4.98 Å². The number of hydrogen-bond donors (Lipinski definition) is 1. The van der Waals surface area contributed by atoms with Gasteiger partial charge in [-0.3, -0.25) is 4.98 Å². The van der Waals surface area contributed by atoms with E-state index in [0.717, 1.165) is 6.07 Å². The molecule has 0 radical (unpaired) electrons. The fourth-order valence-electron chi connectivity index (χ4n) is 1.68. The highest BCUT2D eigenvalue weighted by Crippen LogP contribution is 2.32. The molecule has 0 fully saturated rings. The molecule has 0 aliphatic rings. The standard InChI is InChI=1S/C13H9F3N2O/c14-13(15,16)10-6-2-1-5-9(10)12(18-19)11-7-3-4-8-17-11/h1-8,19H. The van der Waals surface area contributed by atoms with Gasteiger partial charge in [-0.25, -0.2) is 0 Å². The Morgan fingerprint density at radius 2 is 1.74 bits per heavy atom. The Bertz CT molecular complexity index is 594. The van der Waals surface area contributed by atoms with Crippen LogP contribution in [0.4, 0.5) is 13.2 Å². The van der Waals surface area contributed by atoms with Crippen molar-refractivity contribution < 1.29 is 18.4 Å². The molecule has 19 heavy (non-hydrogen) atoms. The topological polar surface area (TPSA) is 45.5 Å². The summed E-state index contributed by atoms with van der Waals surface area (Å²) >= 11 is 0. The van der Waals surface area contributed by atoms with Gasteiger partial charge in [0.1, 0.15) is 5.71 Å². The molecule has 6 heteroatoms. The van der Waals surface area contributed by atoms with Crippen LogP contribution in [0, 0.1) is 0 Å². The number of pyridine rings is 1. The van der Waals surface area contributed by atoms with Crippen molar-refractivity contribution >= 4 is 5.71 Å². The third-order valence-corrected chi connectivity index (χ3v) is 2.50. The van der Waals surface area contributed by atoms with Crippen LogP contribution >= 0.6 is 0 Å². The summed E-state index contributed by atoms with van der Waals surface area (Å²) in [4.78, 5) is 3.89. The molecule has 0 saturated heterocycles. The number of rotatable bonds is 2. The summed E-state index contributed by atoms with van der Waals surface area (Å²) in [6, 6.07) is 9.59. The minimum Gasteiger partial charge on any atom is -0.410 e. The quantitative estimate of drug-likeness (QED) is 0.515. The number of halogens is 3. The van der Waals surface area contributed by atoms with Gasteiger partial charge in [0.25, 0.3) is 0 Å². The van der Waals surface area contributed by atoms with Gasteiger partial charge in [-0.15, -0.1) is 0 Å². The minimum atomic E-state index is -4.53. The van der Waals surface area contributed by atoms with Crippen LogP contribution in [0.3, 0.4) is 0 Å². The fraction of sp³-hybridized carbons (Fsp3) is 0.0769. The van der Waals surface area contributed by atoms with Gasteiger partial charge in [0.15, 0.2) is 0 Å². The maximum Gasteiger partial charge on any atom is 0.417 e. The fourth-order valence-corrected chi connectivity index (χ4v) is 1.68. The maximum atomic E-state index is 12.9. The summed E-state index contributed by atoms with van der Waals surface area (Å²) in [6.45, 7) is 0. The predicted octanol–water partition coefficient (Wildman–Crippen LogP) is 3.33. The Morgan fingerprint density at radius 1 is 1.05 bits per heavy atom. The van der Waals surface area contributed by atoms with Gasteiger partial charge in [0.05, 0.1) is 11.3 Å². The average molecular weight is 266 g/mol. The Kier molecular flexibility index (Phi) is 3.50. The van der Waals surface area contributed by atoms with Gasteiger partial charge in [0, 0.05) is 11.8 Å². The molecular formula is C13H9F3N2O. The summed E-state index contributed by atoms with van der Waals surface area (Å²) in [6.07, 6.45) is -3.11. The first kappa shape index (κ1) is 13.1. The van der Waals surface area contributed by atoms with Crippen LogP contribution in [0.1, 0.15) is 16.8 Å². The lowest BCUT2D eigenvalue weighted by molar-refractivity contribution is -0.137. The molecular weight excluding hydrogens is 257 g/mol. The number of oxime groups is 1. The summed E-state index contributed by atoms with van der Waals surface area (Å²) in [5.74, 6) is 0. The summed E-state index contributed by atoms with van der Waals surface area (Å²) < 4.78 is 38.7. The molecule has 0 amide bonds. The molecule has 1 aromatic carbocycles. The SMILES string of the molecule is ON=C(c1ccccn1)c1ccccc1C(F)(F)F. The summed E-state index contributed by atoms with van der Waals surface area (Å²) in [5.41, 5.74) is -1.13. The van der Waals surface area contributed by atoms with Crippen LogP contribution in [0.5, 0.6) is 0 Å². The van der Waals surface area contributed by atoms with Crippen molar-refractivity contribution in [2.24, 2.45) is 5.16 Å². The molecule has 0 spiro atoms. The lowest BCUT2D eigenvalue weighted by atomic mass is 10.00. The number of hydrogen-bond acceptors (Lipinski definition) is 3. The first-order valence-electron chi connectivity index (χ1n) is 5.34. The van der Waals surface area contributed by atoms with Crippen molar-refractivity contribution in [1.29, 1.82) is 0 Å². The molecule has 3 nitrogen and oxygen atoms in total. The van der Waals surface area contributed by atoms with Gasteiger partial charge < -0.3 is 5.21 Å². The zero-order chi connectivity index (χ0) is 13.9. The maximum absolute atomic E-state index is 12.9. The molecule has 0 aliphatic carbocycles. The predicted molar refractivity (Wildman–Crippen MR) is 63.1 cm³/mol. The van der Waals surface area contributed by atoms with E-state index in [1.807, 2.05) is 0 Å². The molecule has 0 atom stereocenters. The van der Waals surface area contributed by atoms with E-state index < -0.39 is 11.7 Å². The molecule has 1 N–H and O–H groups in total. The van der Waals surface area contributed by atoms with Gasteiger partial charge in [-0.05, 0) is 18.2 Å².